The van der Waals surface area contributed by atoms with Crippen molar-refractivity contribution in [3.63, 3.8) is 0 Å². The Balaban J connectivity index is 1.64. The molecule has 0 saturated carbocycles. The zero-order valence-electron chi connectivity index (χ0n) is 20.5. The highest BCUT2D eigenvalue weighted by molar-refractivity contribution is 5.36. The Labute approximate surface area is 199 Å². The van der Waals surface area contributed by atoms with Crippen LogP contribution >= 0.6 is 0 Å². The van der Waals surface area contributed by atoms with Gasteiger partial charge in [0.05, 0.1) is 0 Å². The Morgan fingerprint density at radius 3 is 2.00 bits per heavy atom. The SMILES string of the molecule is CCCCCCc1ccc(CCC2(CCCCC)C=CC(c3cccc(F)c3F)C=C2)cc1. The van der Waals surface area contributed by atoms with Gasteiger partial charge in [-0.1, -0.05) is 113 Å². The summed E-state index contributed by atoms with van der Waals surface area (Å²) in [6.07, 6.45) is 21.8. The van der Waals surface area contributed by atoms with Crippen LogP contribution in [-0.2, 0) is 12.8 Å². The zero-order chi connectivity index (χ0) is 23.5. The topological polar surface area (TPSA) is 0 Å². The van der Waals surface area contributed by atoms with Gasteiger partial charge in [-0.3, -0.25) is 0 Å². The first-order valence-corrected chi connectivity index (χ1v) is 13.0. The van der Waals surface area contributed by atoms with Crippen molar-refractivity contribution < 1.29 is 8.78 Å². The predicted octanol–water partition coefficient (Wildman–Crippen LogP) is 9.50. The lowest BCUT2D eigenvalue weighted by molar-refractivity contribution is 0.387. The van der Waals surface area contributed by atoms with E-state index in [2.05, 4.69) is 62.4 Å². The van der Waals surface area contributed by atoms with Gasteiger partial charge in [-0.2, -0.15) is 0 Å². The minimum atomic E-state index is -0.775. The molecule has 0 heterocycles. The number of benzene rings is 2. The number of hydrogen-bond acceptors (Lipinski definition) is 0. The molecule has 1 aliphatic rings. The zero-order valence-corrected chi connectivity index (χ0v) is 20.5. The van der Waals surface area contributed by atoms with Crippen LogP contribution in [0.5, 0.6) is 0 Å². The summed E-state index contributed by atoms with van der Waals surface area (Å²) in [4.78, 5) is 0. The molecule has 0 saturated heterocycles. The molecule has 3 rings (SSSR count). The number of rotatable bonds is 13. The van der Waals surface area contributed by atoms with Crippen molar-refractivity contribution in [2.75, 3.05) is 0 Å². The maximum Gasteiger partial charge on any atom is 0.162 e. The van der Waals surface area contributed by atoms with Gasteiger partial charge in [-0.05, 0) is 49.3 Å². The Hall–Kier alpha value is -2.22. The molecular weight excluding hydrogens is 410 g/mol. The van der Waals surface area contributed by atoms with E-state index in [1.807, 2.05) is 0 Å². The number of allylic oxidation sites excluding steroid dienone is 4. The van der Waals surface area contributed by atoms with Crippen molar-refractivity contribution in [3.8, 4) is 0 Å². The second kappa shape index (κ2) is 12.9. The Bertz CT molecular complexity index is 893. The first-order chi connectivity index (χ1) is 16.1. The number of aryl methyl sites for hydroxylation is 2. The Morgan fingerprint density at radius 1 is 0.697 bits per heavy atom. The van der Waals surface area contributed by atoms with Crippen LogP contribution in [0.1, 0.15) is 94.2 Å². The fourth-order valence-corrected chi connectivity index (χ4v) is 4.86. The van der Waals surface area contributed by atoms with Crippen LogP contribution in [0.25, 0.3) is 0 Å². The first kappa shape index (κ1) is 25.4. The fraction of sp³-hybridized carbons (Fsp3) is 0.484. The van der Waals surface area contributed by atoms with E-state index in [0.29, 0.717) is 5.56 Å². The van der Waals surface area contributed by atoms with E-state index in [1.54, 1.807) is 12.1 Å². The molecule has 0 atom stereocenters. The summed E-state index contributed by atoms with van der Waals surface area (Å²) in [5, 5.41) is 0. The highest BCUT2D eigenvalue weighted by Gasteiger charge is 2.28. The molecule has 0 amide bonds. The number of halogens is 2. The summed E-state index contributed by atoms with van der Waals surface area (Å²) >= 11 is 0. The van der Waals surface area contributed by atoms with Gasteiger partial charge in [0.1, 0.15) is 0 Å². The normalized spacial score (nSPS) is 19.8. The van der Waals surface area contributed by atoms with Crippen molar-refractivity contribution in [2.45, 2.75) is 90.4 Å². The van der Waals surface area contributed by atoms with E-state index in [4.69, 9.17) is 0 Å². The van der Waals surface area contributed by atoms with Gasteiger partial charge >= 0.3 is 0 Å². The van der Waals surface area contributed by atoms with Gasteiger partial charge in [-0.25, -0.2) is 8.78 Å². The molecule has 0 radical (unpaired) electrons. The molecule has 0 N–H and O–H groups in total. The van der Waals surface area contributed by atoms with Crippen molar-refractivity contribution >= 4 is 0 Å². The molecule has 0 spiro atoms. The van der Waals surface area contributed by atoms with Gasteiger partial charge in [0.2, 0.25) is 0 Å². The summed E-state index contributed by atoms with van der Waals surface area (Å²) in [6.45, 7) is 4.48. The molecule has 2 aromatic carbocycles. The molecule has 0 aliphatic heterocycles. The predicted molar refractivity (Wildman–Crippen MR) is 137 cm³/mol. The standard InChI is InChI=1S/C31H40F2/c1-3-5-7-8-11-25-14-16-26(17-15-25)18-22-31(21-9-6-4-2)23-19-27(20-24-31)28-12-10-13-29(32)30(28)33/h10,12-17,19-20,23-24,27H,3-9,11,18,21-22H2,1-2H3. The lowest BCUT2D eigenvalue weighted by atomic mass is 9.73. The van der Waals surface area contributed by atoms with Crippen LogP contribution in [-0.4, -0.2) is 0 Å². The number of unbranched alkanes of at least 4 members (excludes halogenated alkanes) is 5. The van der Waals surface area contributed by atoms with Crippen molar-refractivity contribution in [1.29, 1.82) is 0 Å². The third kappa shape index (κ3) is 7.39. The van der Waals surface area contributed by atoms with Crippen LogP contribution in [0.2, 0.25) is 0 Å². The van der Waals surface area contributed by atoms with Crippen molar-refractivity contribution in [3.05, 3.63) is 95.1 Å². The van der Waals surface area contributed by atoms with Gasteiger partial charge in [-0.15, -0.1) is 0 Å². The lowest BCUT2D eigenvalue weighted by Crippen LogP contribution is -2.20. The minimum absolute atomic E-state index is 0.00566. The summed E-state index contributed by atoms with van der Waals surface area (Å²) in [5.41, 5.74) is 3.22. The van der Waals surface area contributed by atoms with Gasteiger partial charge < -0.3 is 0 Å². The lowest BCUT2D eigenvalue weighted by Gasteiger charge is -2.32. The number of hydrogen-bond donors (Lipinski definition) is 0. The molecule has 0 nitrogen and oxygen atoms in total. The van der Waals surface area contributed by atoms with Crippen LogP contribution < -0.4 is 0 Å². The molecule has 0 unspecified atom stereocenters. The monoisotopic (exact) mass is 450 g/mol. The first-order valence-electron chi connectivity index (χ1n) is 13.0. The summed E-state index contributed by atoms with van der Waals surface area (Å²) < 4.78 is 28.0. The third-order valence-corrected chi connectivity index (χ3v) is 7.08. The van der Waals surface area contributed by atoms with Gasteiger partial charge in [0.15, 0.2) is 11.6 Å². The quantitative estimate of drug-likeness (QED) is 0.210. The van der Waals surface area contributed by atoms with Crippen molar-refractivity contribution in [2.24, 2.45) is 5.41 Å². The second-order valence-corrected chi connectivity index (χ2v) is 9.70. The molecule has 0 bridgehead atoms. The van der Waals surface area contributed by atoms with Crippen LogP contribution in [0.15, 0.2) is 66.8 Å². The van der Waals surface area contributed by atoms with Gasteiger partial charge in [0, 0.05) is 16.9 Å². The van der Waals surface area contributed by atoms with Crippen LogP contribution in [0, 0.1) is 17.0 Å². The van der Waals surface area contributed by atoms with E-state index in [9.17, 15) is 8.78 Å². The van der Waals surface area contributed by atoms with Crippen LogP contribution in [0.4, 0.5) is 8.78 Å². The Kier molecular flexibility index (Phi) is 9.91. The van der Waals surface area contributed by atoms with Gasteiger partial charge in [0.25, 0.3) is 0 Å². The maximum absolute atomic E-state index is 14.3. The third-order valence-electron chi connectivity index (χ3n) is 7.08. The molecule has 2 aromatic rings. The molecule has 178 valence electrons. The van der Waals surface area contributed by atoms with E-state index in [0.717, 1.165) is 19.3 Å². The van der Waals surface area contributed by atoms with E-state index in [1.165, 1.54) is 68.6 Å². The second-order valence-electron chi connectivity index (χ2n) is 9.70. The molecule has 2 heteroatoms. The fourth-order valence-electron chi connectivity index (χ4n) is 4.86. The largest absolute Gasteiger partial charge is 0.204 e. The molecule has 33 heavy (non-hydrogen) atoms. The van der Waals surface area contributed by atoms with E-state index < -0.39 is 11.6 Å². The average Bonchev–Trinajstić information content (AvgIpc) is 2.84. The average molecular weight is 451 g/mol. The van der Waals surface area contributed by atoms with E-state index in [-0.39, 0.29) is 11.3 Å². The molecule has 0 fully saturated rings. The van der Waals surface area contributed by atoms with E-state index >= 15 is 0 Å². The minimum Gasteiger partial charge on any atom is -0.204 e. The highest BCUT2D eigenvalue weighted by atomic mass is 19.2. The molecule has 0 aromatic heterocycles. The molecular formula is C31H40F2. The Morgan fingerprint density at radius 2 is 1.33 bits per heavy atom. The maximum atomic E-state index is 14.3. The summed E-state index contributed by atoms with van der Waals surface area (Å²) in [5.74, 6) is -1.71. The smallest absolute Gasteiger partial charge is 0.162 e. The van der Waals surface area contributed by atoms with Crippen LogP contribution in [0.3, 0.4) is 0 Å². The highest BCUT2D eigenvalue weighted by Crippen LogP contribution is 2.40. The van der Waals surface area contributed by atoms with Crippen molar-refractivity contribution in [1.82, 2.24) is 0 Å². The summed E-state index contributed by atoms with van der Waals surface area (Å²) in [6, 6.07) is 13.6. The molecule has 1 aliphatic carbocycles. The summed E-state index contributed by atoms with van der Waals surface area (Å²) in [7, 11) is 0.